The highest BCUT2D eigenvalue weighted by atomic mass is 16.5. The molecule has 1 aromatic heterocycles. The van der Waals surface area contributed by atoms with Gasteiger partial charge in [-0.2, -0.15) is 0 Å². The molecule has 0 spiro atoms. The Labute approximate surface area is 157 Å². The minimum atomic E-state index is 0.752. The van der Waals surface area contributed by atoms with Crippen LogP contribution in [0.5, 0.6) is 17.2 Å². The molecule has 1 N–H and O–H groups in total. The summed E-state index contributed by atoms with van der Waals surface area (Å²) in [5.41, 5.74) is 2.79. The summed E-state index contributed by atoms with van der Waals surface area (Å²) in [7, 11) is 1.66. The zero-order chi connectivity index (χ0) is 18.6. The van der Waals surface area contributed by atoms with Crippen LogP contribution in [0.1, 0.15) is 5.56 Å². The van der Waals surface area contributed by atoms with E-state index in [0.29, 0.717) is 0 Å². The van der Waals surface area contributed by atoms with E-state index in [2.05, 4.69) is 15.3 Å². The van der Waals surface area contributed by atoms with Crippen LogP contribution in [0.3, 0.4) is 0 Å². The number of anilines is 2. The quantitative estimate of drug-likeness (QED) is 0.512. The summed E-state index contributed by atoms with van der Waals surface area (Å²) < 4.78 is 11.2. The lowest BCUT2D eigenvalue weighted by Gasteiger charge is -2.11. The lowest BCUT2D eigenvalue weighted by Crippen LogP contribution is -1.97. The zero-order valence-electron chi connectivity index (χ0n) is 15.1. The lowest BCUT2D eigenvalue weighted by atomic mass is 10.1. The second-order valence-electron chi connectivity index (χ2n) is 6.13. The van der Waals surface area contributed by atoms with Crippen molar-refractivity contribution in [1.29, 1.82) is 0 Å². The van der Waals surface area contributed by atoms with Gasteiger partial charge in [-0.1, -0.05) is 18.2 Å². The van der Waals surface area contributed by atoms with Crippen LogP contribution in [0.2, 0.25) is 0 Å². The van der Waals surface area contributed by atoms with Crippen molar-refractivity contribution in [3.63, 3.8) is 0 Å². The van der Waals surface area contributed by atoms with E-state index < -0.39 is 0 Å². The Morgan fingerprint density at radius 2 is 1.59 bits per heavy atom. The first-order valence-electron chi connectivity index (χ1n) is 8.62. The molecule has 0 aliphatic carbocycles. The Hall–Kier alpha value is -3.60. The number of fused-ring (bicyclic) bond motifs is 1. The normalized spacial score (nSPS) is 10.6. The van der Waals surface area contributed by atoms with Gasteiger partial charge in [-0.25, -0.2) is 9.97 Å². The van der Waals surface area contributed by atoms with Gasteiger partial charge < -0.3 is 14.8 Å². The van der Waals surface area contributed by atoms with Crippen molar-refractivity contribution in [2.45, 2.75) is 6.92 Å². The molecule has 0 aliphatic heterocycles. The number of para-hydroxylation sites is 1. The van der Waals surface area contributed by atoms with E-state index in [1.54, 1.807) is 13.4 Å². The largest absolute Gasteiger partial charge is 0.496 e. The third-order valence-electron chi connectivity index (χ3n) is 4.25. The molecule has 0 unspecified atom stereocenters. The average molecular weight is 357 g/mol. The van der Waals surface area contributed by atoms with Crippen molar-refractivity contribution >= 4 is 22.4 Å². The molecule has 134 valence electrons. The van der Waals surface area contributed by atoms with Gasteiger partial charge in [0, 0.05) is 17.1 Å². The summed E-state index contributed by atoms with van der Waals surface area (Å²) in [6.07, 6.45) is 1.55. The van der Waals surface area contributed by atoms with Crippen LogP contribution in [0.25, 0.3) is 10.9 Å². The third-order valence-corrected chi connectivity index (χ3v) is 4.25. The molecular formula is C22H19N3O2. The van der Waals surface area contributed by atoms with Gasteiger partial charge in [0.1, 0.15) is 29.4 Å². The highest BCUT2D eigenvalue weighted by Crippen LogP contribution is 2.30. The van der Waals surface area contributed by atoms with E-state index in [1.165, 1.54) is 0 Å². The number of rotatable bonds is 5. The fraction of sp³-hybridized carbons (Fsp3) is 0.0909. The number of nitrogens with one attached hydrogen (secondary N) is 1. The van der Waals surface area contributed by atoms with Crippen molar-refractivity contribution < 1.29 is 9.47 Å². The smallest absolute Gasteiger partial charge is 0.141 e. The van der Waals surface area contributed by atoms with Crippen LogP contribution < -0.4 is 14.8 Å². The first kappa shape index (κ1) is 16.8. The molecule has 0 amide bonds. The predicted octanol–water partition coefficient (Wildman–Crippen LogP) is 5.48. The number of nitrogens with zero attached hydrogens (tertiary/aromatic N) is 2. The molecule has 4 rings (SSSR count). The molecule has 5 heteroatoms. The topological polar surface area (TPSA) is 56.3 Å². The van der Waals surface area contributed by atoms with Crippen molar-refractivity contribution in [2.24, 2.45) is 0 Å². The van der Waals surface area contributed by atoms with E-state index in [1.807, 2.05) is 73.7 Å². The summed E-state index contributed by atoms with van der Waals surface area (Å²) >= 11 is 0. The number of methoxy groups -OCH3 is 1. The Morgan fingerprint density at radius 1 is 0.852 bits per heavy atom. The van der Waals surface area contributed by atoms with Gasteiger partial charge in [-0.3, -0.25) is 0 Å². The number of ether oxygens (including phenoxy) is 2. The molecular weight excluding hydrogens is 338 g/mol. The molecule has 5 nitrogen and oxygen atoms in total. The minimum Gasteiger partial charge on any atom is -0.496 e. The standard InChI is InChI=1S/C22H19N3O2/c1-15-12-19-20(13-21(15)26-2)23-14-24-22(19)25-16-8-10-18(11-9-16)27-17-6-4-3-5-7-17/h3-14H,1-2H3,(H,23,24,25). The van der Waals surface area contributed by atoms with E-state index in [-0.39, 0.29) is 0 Å². The van der Waals surface area contributed by atoms with Crippen molar-refractivity contribution in [3.8, 4) is 17.2 Å². The van der Waals surface area contributed by atoms with Gasteiger partial charge >= 0.3 is 0 Å². The molecule has 0 aliphatic rings. The van der Waals surface area contributed by atoms with E-state index in [9.17, 15) is 0 Å². The maximum Gasteiger partial charge on any atom is 0.141 e. The highest BCUT2D eigenvalue weighted by Gasteiger charge is 2.08. The van der Waals surface area contributed by atoms with Crippen molar-refractivity contribution in [2.75, 3.05) is 12.4 Å². The van der Waals surface area contributed by atoms with Crippen molar-refractivity contribution in [1.82, 2.24) is 9.97 Å². The average Bonchev–Trinajstić information content (AvgIpc) is 2.70. The van der Waals surface area contributed by atoms with Crippen LogP contribution >= 0.6 is 0 Å². The maximum atomic E-state index is 5.83. The van der Waals surface area contributed by atoms with Crippen LogP contribution in [-0.2, 0) is 0 Å². The number of benzene rings is 3. The maximum absolute atomic E-state index is 5.83. The molecule has 0 bridgehead atoms. The number of aryl methyl sites for hydroxylation is 1. The van der Waals surface area contributed by atoms with Crippen molar-refractivity contribution in [3.05, 3.63) is 78.6 Å². The summed E-state index contributed by atoms with van der Waals surface area (Å²) in [6.45, 7) is 2.00. The third kappa shape index (κ3) is 3.67. The fourth-order valence-corrected chi connectivity index (χ4v) is 2.88. The van der Waals surface area contributed by atoms with Gasteiger partial charge in [-0.15, -0.1) is 0 Å². The molecule has 0 saturated carbocycles. The molecule has 0 atom stereocenters. The second kappa shape index (κ2) is 7.33. The Bertz CT molecular complexity index is 1060. The molecule has 0 saturated heterocycles. The van der Waals surface area contributed by atoms with Gasteiger partial charge in [0.2, 0.25) is 0 Å². The predicted molar refractivity (Wildman–Crippen MR) is 107 cm³/mol. The van der Waals surface area contributed by atoms with Gasteiger partial charge in [-0.05, 0) is 55.0 Å². The van der Waals surface area contributed by atoms with Gasteiger partial charge in [0.05, 0.1) is 12.6 Å². The Kier molecular flexibility index (Phi) is 4.58. The van der Waals surface area contributed by atoms with E-state index >= 15 is 0 Å². The zero-order valence-corrected chi connectivity index (χ0v) is 15.1. The van der Waals surface area contributed by atoms with E-state index in [4.69, 9.17) is 9.47 Å². The fourth-order valence-electron chi connectivity index (χ4n) is 2.88. The summed E-state index contributed by atoms with van der Waals surface area (Å²) in [5.74, 6) is 3.15. The van der Waals surface area contributed by atoms with Gasteiger partial charge in [0.25, 0.3) is 0 Å². The number of hydrogen-bond donors (Lipinski definition) is 1. The van der Waals surface area contributed by atoms with E-state index in [0.717, 1.165) is 45.2 Å². The van der Waals surface area contributed by atoms with Crippen LogP contribution in [0.4, 0.5) is 11.5 Å². The number of aromatic nitrogens is 2. The number of hydrogen-bond acceptors (Lipinski definition) is 5. The monoisotopic (exact) mass is 357 g/mol. The summed E-state index contributed by atoms with van der Waals surface area (Å²) in [4.78, 5) is 8.74. The van der Waals surface area contributed by atoms with Crippen LogP contribution in [-0.4, -0.2) is 17.1 Å². The SMILES string of the molecule is COc1cc2ncnc(Nc3ccc(Oc4ccccc4)cc3)c2cc1C. The van der Waals surface area contributed by atoms with Gasteiger partial charge in [0.15, 0.2) is 0 Å². The molecule has 3 aromatic carbocycles. The minimum absolute atomic E-state index is 0.752. The Morgan fingerprint density at radius 3 is 2.33 bits per heavy atom. The summed E-state index contributed by atoms with van der Waals surface area (Å²) in [5, 5.41) is 4.30. The first-order chi connectivity index (χ1) is 13.2. The first-order valence-corrected chi connectivity index (χ1v) is 8.62. The lowest BCUT2D eigenvalue weighted by molar-refractivity contribution is 0.412. The Balaban J connectivity index is 1.58. The molecule has 0 fully saturated rings. The molecule has 0 radical (unpaired) electrons. The molecule has 27 heavy (non-hydrogen) atoms. The second-order valence-corrected chi connectivity index (χ2v) is 6.13. The summed E-state index contributed by atoms with van der Waals surface area (Å²) in [6, 6.07) is 21.4. The highest BCUT2D eigenvalue weighted by molar-refractivity contribution is 5.92. The van der Waals surface area contributed by atoms with Crippen LogP contribution in [0, 0.1) is 6.92 Å². The molecule has 1 heterocycles. The van der Waals surface area contributed by atoms with Crippen LogP contribution in [0.15, 0.2) is 73.1 Å². The molecule has 4 aromatic rings.